The molecule has 35 heavy (non-hydrogen) atoms. The van der Waals surface area contributed by atoms with E-state index in [1.165, 1.54) is 0 Å². The van der Waals surface area contributed by atoms with E-state index >= 15 is 0 Å². The van der Waals surface area contributed by atoms with Crippen LogP contribution in [-0.4, -0.2) is 29.4 Å². The third-order valence-corrected chi connectivity index (χ3v) is 7.63. The zero-order valence-electron chi connectivity index (χ0n) is 19.5. The summed E-state index contributed by atoms with van der Waals surface area (Å²) in [5.74, 6) is -1.54. The standard InChI is InChI=1S/C28H28N2O4S/c31-24(30-27(32)18-8-2-1-3-9-18)17-34-28(33)25-21-12-4-5-14-23(21)29-26-19(10-6-13-22(25)26)16-20-11-7-15-35-20/h4-5,7,11-12,14-16,18H,1-3,6,8-10,13,17H2,(H,30,31,32)/b19-16-. The average molecular weight is 489 g/mol. The smallest absolute Gasteiger partial charge is 0.339 e. The number of hydrogen-bond acceptors (Lipinski definition) is 6. The van der Waals surface area contributed by atoms with Crippen molar-refractivity contribution in [3.05, 3.63) is 63.5 Å². The molecule has 0 saturated heterocycles. The average Bonchev–Trinajstić information content (AvgIpc) is 3.40. The highest BCUT2D eigenvalue weighted by Gasteiger charge is 2.27. The molecule has 2 aliphatic rings. The molecule has 6 nitrogen and oxygen atoms in total. The van der Waals surface area contributed by atoms with Gasteiger partial charge >= 0.3 is 5.97 Å². The maximum Gasteiger partial charge on any atom is 0.339 e. The Morgan fingerprint density at radius 1 is 1.03 bits per heavy atom. The second-order valence-corrected chi connectivity index (χ2v) is 10.2. The van der Waals surface area contributed by atoms with Gasteiger partial charge in [-0.05, 0) is 66.8 Å². The number of amides is 2. The Balaban J connectivity index is 1.39. The first-order valence-electron chi connectivity index (χ1n) is 12.3. The van der Waals surface area contributed by atoms with Crippen molar-refractivity contribution in [1.82, 2.24) is 10.3 Å². The van der Waals surface area contributed by atoms with Crippen LogP contribution in [0, 0.1) is 5.92 Å². The van der Waals surface area contributed by atoms with Gasteiger partial charge in [0.05, 0.1) is 16.8 Å². The highest BCUT2D eigenvalue weighted by atomic mass is 32.1. The summed E-state index contributed by atoms with van der Waals surface area (Å²) in [4.78, 5) is 44.1. The molecule has 1 saturated carbocycles. The number of nitrogens with zero attached hydrogens (tertiary/aromatic N) is 1. The molecule has 0 radical (unpaired) electrons. The lowest BCUT2D eigenvalue weighted by Crippen LogP contribution is -2.39. The van der Waals surface area contributed by atoms with Gasteiger partial charge in [-0.25, -0.2) is 9.78 Å². The largest absolute Gasteiger partial charge is 0.452 e. The molecule has 2 heterocycles. The predicted octanol–water partition coefficient (Wildman–Crippen LogP) is 5.55. The molecule has 5 rings (SSSR count). The molecule has 0 unspecified atom stereocenters. The molecular weight excluding hydrogens is 460 g/mol. The molecule has 2 amide bonds. The van der Waals surface area contributed by atoms with E-state index in [2.05, 4.69) is 17.5 Å². The number of fused-ring (bicyclic) bond motifs is 2. The van der Waals surface area contributed by atoms with Crippen LogP contribution in [0.2, 0.25) is 0 Å². The van der Waals surface area contributed by atoms with Crippen molar-refractivity contribution >= 4 is 51.7 Å². The molecular formula is C28H28N2O4S. The van der Waals surface area contributed by atoms with E-state index < -0.39 is 18.5 Å². The number of para-hydroxylation sites is 1. The summed E-state index contributed by atoms with van der Waals surface area (Å²) in [5, 5.41) is 5.17. The molecule has 3 aromatic rings. The quantitative estimate of drug-likeness (QED) is 0.476. The van der Waals surface area contributed by atoms with E-state index in [0.717, 1.165) is 66.7 Å². The number of allylic oxidation sites excluding steroid dienone is 1. The molecule has 0 aliphatic heterocycles. The first-order chi connectivity index (χ1) is 17.1. The Morgan fingerprint density at radius 2 is 1.86 bits per heavy atom. The number of thiophene rings is 1. The van der Waals surface area contributed by atoms with Crippen LogP contribution in [0.3, 0.4) is 0 Å². The normalized spacial score (nSPS) is 17.2. The summed E-state index contributed by atoms with van der Waals surface area (Å²) in [6, 6.07) is 11.6. The Labute approximate surface area is 208 Å². The predicted molar refractivity (Wildman–Crippen MR) is 137 cm³/mol. The van der Waals surface area contributed by atoms with Crippen molar-refractivity contribution in [2.45, 2.75) is 51.4 Å². The number of aromatic nitrogens is 1. The zero-order chi connectivity index (χ0) is 24.2. The molecule has 2 aliphatic carbocycles. The van der Waals surface area contributed by atoms with E-state index in [-0.39, 0.29) is 11.8 Å². The summed E-state index contributed by atoms with van der Waals surface area (Å²) < 4.78 is 5.45. The minimum Gasteiger partial charge on any atom is -0.452 e. The van der Waals surface area contributed by atoms with Gasteiger partial charge in [0.1, 0.15) is 0 Å². The number of carbonyl (C=O) groups is 3. The fourth-order valence-electron chi connectivity index (χ4n) is 5.10. The van der Waals surface area contributed by atoms with Gasteiger partial charge in [0.25, 0.3) is 5.91 Å². The van der Waals surface area contributed by atoms with E-state index in [9.17, 15) is 14.4 Å². The Kier molecular flexibility index (Phi) is 7.04. The Hall–Kier alpha value is -3.32. The van der Waals surface area contributed by atoms with Gasteiger partial charge in [-0.15, -0.1) is 11.3 Å². The lowest BCUT2D eigenvalue weighted by Gasteiger charge is -2.22. The highest BCUT2D eigenvalue weighted by Crippen LogP contribution is 2.36. The number of rotatable bonds is 5. The first-order valence-corrected chi connectivity index (χ1v) is 13.1. The van der Waals surface area contributed by atoms with E-state index in [1.54, 1.807) is 11.3 Å². The van der Waals surface area contributed by atoms with Crippen LogP contribution in [0.25, 0.3) is 22.6 Å². The van der Waals surface area contributed by atoms with Crippen molar-refractivity contribution in [3.8, 4) is 0 Å². The van der Waals surface area contributed by atoms with Crippen LogP contribution >= 0.6 is 11.3 Å². The second-order valence-electron chi connectivity index (χ2n) is 9.19. The molecule has 2 aromatic heterocycles. The van der Waals surface area contributed by atoms with Crippen molar-refractivity contribution in [1.29, 1.82) is 0 Å². The summed E-state index contributed by atoms with van der Waals surface area (Å²) in [7, 11) is 0. The third-order valence-electron chi connectivity index (χ3n) is 6.81. The van der Waals surface area contributed by atoms with E-state index in [4.69, 9.17) is 9.72 Å². The lowest BCUT2D eigenvalue weighted by molar-refractivity contribution is -0.135. The van der Waals surface area contributed by atoms with Gasteiger partial charge in [-0.3, -0.25) is 14.9 Å². The number of hydrogen-bond donors (Lipinski definition) is 1. The van der Waals surface area contributed by atoms with Crippen LogP contribution in [-0.2, 0) is 20.7 Å². The number of carbonyl (C=O) groups excluding carboxylic acids is 3. The minimum atomic E-state index is -0.584. The van der Waals surface area contributed by atoms with Crippen LogP contribution in [0.4, 0.5) is 0 Å². The van der Waals surface area contributed by atoms with Crippen molar-refractivity contribution in [2.75, 3.05) is 6.61 Å². The van der Waals surface area contributed by atoms with Crippen LogP contribution in [0.5, 0.6) is 0 Å². The molecule has 1 aromatic carbocycles. The molecule has 1 fully saturated rings. The second kappa shape index (κ2) is 10.5. The summed E-state index contributed by atoms with van der Waals surface area (Å²) in [5.41, 5.74) is 3.97. The maximum atomic E-state index is 13.3. The number of pyridine rings is 1. The van der Waals surface area contributed by atoms with Crippen molar-refractivity contribution < 1.29 is 19.1 Å². The van der Waals surface area contributed by atoms with Gasteiger partial charge in [-0.2, -0.15) is 0 Å². The van der Waals surface area contributed by atoms with Crippen molar-refractivity contribution in [2.24, 2.45) is 5.92 Å². The van der Waals surface area contributed by atoms with Gasteiger partial charge in [0, 0.05) is 16.2 Å². The summed E-state index contributed by atoms with van der Waals surface area (Å²) >= 11 is 1.66. The van der Waals surface area contributed by atoms with E-state index in [1.807, 2.05) is 35.7 Å². The Bertz CT molecular complexity index is 1290. The minimum absolute atomic E-state index is 0.131. The zero-order valence-corrected chi connectivity index (χ0v) is 20.4. The highest BCUT2D eigenvalue weighted by molar-refractivity contribution is 7.10. The SMILES string of the molecule is O=C(COC(=O)c1c2c(nc3ccccc13)/C(=C\c1cccs1)CCC2)NC(=O)C1CCCCC1. The van der Waals surface area contributed by atoms with Crippen LogP contribution in [0.1, 0.15) is 71.4 Å². The Morgan fingerprint density at radius 3 is 2.66 bits per heavy atom. The van der Waals surface area contributed by atoms with Crippen LogP contribution in [0.15, 0.2) is 41.8 Å². The number of ether oxygens (including phenoxy) is 1. The van der Waals surface area contributed by atoms with E-state index in [0.29, 0.717) is 22.9 Å². The van der Waals surface area contributed by atoms with Gasteiger partial charge in [0.2, 0.25) is 5.91 Å². The number of nitrogens with one attached hydrogen (secondary N) is 1. The fraction of sp³-hybridized carbons (Fsp3) is 0.357. The molecule has 0 spiro atoms. The summed E-state index contributed by atoms with van der Waals surface area (Å²) in [6.07, 6.45) is 9.39. The van der Waals surface area contributed by atoms with Crippen molar-refractivity contribution in [3.63, 3.8) is 0 Å². The molecule has 7 heteroatoms. The van der Waals surface area contributed by atoms with Crippen LogP contribution < -0.4 is 5.32 Å². The molecule has 180 valence electrons. The number of benzene rings is 1. The maximum absolute atomic E-state index is 13.3. The number of imide groups is 1. The molecule has 1 N–H and O–H groups in total. The first kappa shape index (κ1) is 23.4. The topological polar surface area (TPSA) is 85.4 Å². The van der Waals surface area contributed by atoms with Gasteiger partial charge < -0.3 is 4.74 Å². The van der Waals surface area contributed by atoms with Gasteiger partial charge in [0.15, 0.2) is 6.61 Å². The molecule has 0 bridgehead atoms. The lowest BCUT2D eigenvalue weighted by atomic mass is 9.86. The third kappa shape index (κ3) is 5.20. The fourth-order valence-corrected chi connectivity index (χ4v) is 5.78. The summed E-state index contributed by atoms with van der Waals surface area (Å²) in [6.45, 7) is -0.486. The number of esters is 1. The molecule has 0 atom stereocenters. The monoisotopic (exact) mass is 488 g/mol. The van der Waals surface area contributed by atoms with Gasteiger partial charge in [-0.1, -0.05) is 43.5 Å².